The van der Waals surface area contributed by atoms with E-state index in [0.717, 1.165) is 31.8 Å². The van der Waals surface area contributed by atoms with Crippen molar-refractivity contribution in [1.82, 2.24) is 10.2 Å². The molecule has 1 amide bonds. The minimum absolute atomic E-state index is 0.0489. The zero-order valence-corrected chi connectivity index (χ0v) is 13.1. The Morgan fingerprint density at radius 3 is 3.20 bits per heavy atom. The van der Waals surface area contributed by atoms with Gasteiger partial charge in [-0.2, -0.15) is 11.3 Å². The number of methoxy groups -OCH3 is 1. The van der Waals surface area contributed by atoms with Gasteiger partial charge in [0.25, 0.3) is 5.91 Å². The van der Waals surface area contributed by atoms with Gasteiger partial charge in [-0.1, -0.05) is 0 Å². The Bertz CT molecular complexity index is 408. The highest BCUT2D eigenvalue weighted by molar-refractivity contribution is 7.08. The first-order valence-electron chi connectivity index (χ1n) is 7.25. The van der Waals surface area contributed by atoms with Crippen LogP contribution in [0.4, 0.5) is 0 Å². The molecule has 2 heterocycles. The van der Waals surface area contributed by atoms with E-state index in [4.69, 9.17) is 4.74 Å². The average molecular weight is 296 g/mol. The molecule has 2 atom stereocenters. The van der Waals surface area contributed by atoms with Crippen molar-refractivity contribution in [2.24, 2.45) is 5.92 Å². The van der Waals surface area contributed by atoms with Gasteiger partial charge in [0.05, 0.1) is 6.61 Å². The molecule has 1 aromatic rings. The molecule has 0 aliphatic carbocycles. The highest BCUT2D eigenvalue weighted by atomic mass is 32.1. The molecule has 2 rings (SSSR count). The van der Waals surface area contributed by atoms with Gasteiger partial charge >= 0.3 is 0 Å². The van der Waals surface area contributed by atoms with Crippen LogP contribution < -0.4 is 5.32 Å². The summed E-state index contributed by atoms with van der Waals surface area (Å²) >= 11 is 1.56. The molecule has 112 valence electrons. The van der Waals surface area contributed by atoms with Crippen molar-refractivity contribution >= 4 is 17.2 Å². The lowest BCUT2D eigenvalue weighted by Gasteiger charge is -2.35. The van der Waals surface area contributed by atoms with Gasteiger partial charge < -0.3 is 15.0 Å². The second-order valence-electron chi connectivity index (χ2n) is 5.47. The Kier molecular flexibility index (Phi) is 6.01. The van der Waals surface area contributed by atoms with Crippen molar-refractivity contribution in [3.8, 4) is 0 Å². The highest BCUT2D eigenvalue weighted by Crippen LogP contribution is 2.20. The lowest BCUT2D eigenvalue weighted by atomic mass is 9.91. The number of likely N-dealkylation sites (tertiary alicyclic amines) is 1. The molecular weight excluding hydrogens is 272 g/mol. The van der Waals surface area contributed by atoms with Crippen LogP contribution in [0.3, 0.4) is 0 Å². The molecule has 1 aliphatic heterocycles. The summed E-state index contributed by atoms with van der Waals surface area (Å²) in [7, 11) is 1.74. The van der Waals surface area contributed by atoms with Crippen LogP contribution in [0.2, 0.25) is 0 Å². The fourth-order valence-electron chi connectivity index (χ4n) is 2.72. The second-order valence-corrected chi connectivity index (χ2v) is 6.25. The number of nitrogens with one attached hydrogen (secondary N) is 1. The molecule has 0 bridgehead atoms. The maximum atomic E-state index is 12.1. The van der Waals surface area contributed by atoms with Gasteiger partial charge in [0.15, 0.2) is 0 Å². The summed E-state index contributed by atoms with van der Waals surface area (Å²) in [6, 6.07) is 2.09. The van der Waals surface area contributed by atoms with Gasteiger partial charge in [0.2, 0.25) is 0 Å². The van der Waals surface area contributed by atoms with Gasteiger partial charge in [-0.05, 0) is 43.7 Å². The number of piperidine rings is 1. The SMILES string of the molecule is COCCN1CCC[C@@H]([C@H](C)NC(=O)c2ccsc2)C1. The van der Waals surface area contributed by atoms with E-state index in [1.165, 1.54) is 12.8 Å². The smallest absolute Gasteiger partial charge is 0.252 e. The largest absolute Gasteiger partial charge is 0.383 e. The molecule has 1 fully saturated rings. The molecule has 0 unspecified atom stereocenters. The minimum Gasteiger partial charge on any atom is -0.383 e. The minimum atomic E-state index is 0.0489. The fraction of sp³-hybridized carbons (Fsp3) is 0.667. The summed E-state index contributed by atoms with van der Waals surface area (Å²) in [5.41, 5.74) is 0.772. The number of hydrogen-bond acceptors (Lipinski definition) is 4. The summed E-state index contributed by atoms with van der Waals surface area (Å²) in [4.78, 5) is 14.5. The topological polar surface area (TPSA) is 41.6 Å². The van der Waals surface area contributed by atoms with Crippen LogP contribution in [0.5, 0.6) is 0 Å². The van der Waals surface area contributed by atoms with Gasteiger partial charge in [0.1, 0.15) is 0 Å². The number of rotatable bonds is 6. The third kappa shape index (κ3) is 4.30. The van der Waals surface area contributed by atoms with E-state index < -0.39 is 0 Å². The molecule has 20 heavy (non-hydrogen) atoms. The summed E-state index contributed by atoms with van der Waals surface area (Å²) in [5.74, 6) is 0.580. The molecule has 0 aromatic carbocycles. The lowest BCUT2D eigenvalue weighted by molar-refractivity contribution is 0.0855. The quantitative estimate of drug-likeness (QED) is 0.875. The molecular formula is C15H24N2O2S. The van der Waals surface area contributed by atoms with Crippen molar-refractivity contribution in [1.29, 1.82) is 0 Å². The number of carbonyl (C=O) groups excluding carboxylic acids is 1. The van der Waals surface area contributed by atoms with Crippen LogP contribution in [-0.2, 0) is 4.74 Å². The summed E-state index contributed by atoms with van der Waals surface area (Å²) in [5, 5.41) is 6.97. The molecule has 0 saturated carbocycles. The predicted molar refractivity (Wildman–Crippen MR) is 82.3 cm³/mol. The maximum absolute atomic E-state index is 12.1. The van der Waals surface area contributed by atoms with Crippen LogP contribution in [0.25, 0.3) is 0 Å². The van der Waals surface area contributed by atoms with Gasteiger partial charge in [-0.15, -0.1) is 0 Å². The number of thiophene rings is 1. The zero-order chi connectivity index (χ0) is 14.4. The van der Waals surface area contributed by atoms with Crippen molar-refractivity contribution in [2.45, 2.75) is 25.8 Å². The standard InChI is InChI=1S/C15H24N2O2S/c1-12(16-15(18)14-5-9-20-11-14)13-4-3-6-17(10-13)7-8-19-2/h5,9,11-13H,3-4,6-8,10H2,1-2H3,(H,16,18)/t12-,13+/m0/s1. The Balaban J connectivity index is 1.82. The first-order chi connectivity index (χ1) is 9.70. The molecule has 1 saturated heterocycles. The van der Waals surface area contributed by atoms with E-state index in [-0.39, 0.29) is 11.9 Å². The Morgan fingerprint density at radius 2 is 2.50 bits per heavy atom. The first kappa shape index (κ1) is 15.5. The van der Waals surface area contributed by atoms with Gasteiger partial charge in [0, 0.05) is 37.2 Å². The number of amides is 1. The fourth-order valence-corrected chi connectivity index (χ4v) is 3.36. The summed E-state index contributed by atoms with van der Waals surface area (Å²) in [6.07, 6.45) is 2.39. The summed E-state index contributed by atoms with van der Waals surface area (Å²) in [6.45, 7) is 6.08. The zero-order valence-electron chi connectivity index (χ0n) is 12.3. The van der Waals surface area contributed by atoms with Crippen LogP contribution in [-0.4, -0.2) is 50.2 Å². The van der Waals surface area contributed by atoms with Crippen molar-refractivity contribution in [3.63, 3.8) is 0 Å². The second kappa shape index (κ2) is 7.76. The van der Waals surface area contributed by atoms with Crippen molar-refractivity contribution < 1.29 is 9.53 Å². The van der Waals surface area contributed by atoms with Gasteiger partial charge in [-0.3, -0.25) is 4.79 Å². The summed E-state index contributed by atoms with van der Waals surface area (Å²) < 4.78 is 5.14. The highest BCUT2D eigenvalue weighted by Gasteiger charge is 2.25. The Labute approximate surface area is 125 Å². The van der Waals surface area contributed by atoms with Crippen LogP contribution in [0.1, 0.15) is 30.1 Å². The van der Waals surface area contributed by atoms with Crippen LogP contribution >= 0.6 is 11.3 Å². The third-order valence-corrected chi connectivity index (χ3v) is 4.69. The van der Waals surface area contributed by atoms with Crippen LogP contribution in [0.15, 0.2) is 16.8 Å². The molecule has 1 aliphatic rings. The molecule has 1 aromatic heterocycles. The lowest BCUT2D eigenvalue weighted by Crippen LogP contribution is -2.46. The van der Waals surface area contributed by atoms with E-state index in [0.29, 0.717) is 5.92 Å². The van der Waals surface area contributed by atoms with Crippen molar-refractivity contribution in [3.05, 3.63) is 22.4 Å². The molecule has 5 heteroatoms. The van der Waals surface area contributed by atoms with Gasteiger partial charge in [-0.25, -0.2) is 0 Å². The molecule has 0 spiro atoms. The number of carbonyl (C=O) groups is 1. The molecule has 1 N–H and O–H groups in total. The van der Waals surface area contributed by atoms with E-state index in [1.807, 2.05) is 16.8 Å². The van der Waals surface area contributed by atoms with Crippen LogP contribution in [0, 0.1) is 5.92 Å². The monoisotopic (exact) mass is 296 g/mol. The maximum Gasteiger partial charge on any atom is 0.252 e. The Hall–Kier alpha value is -0.910. The molecule has 0 radical (unpaired) electrons. The normalized spacial score (nSPS) is 21.6. The first-order valence-corrected chi connectivity index (χ1v) is 8.19. The third-order valence-electron chi connectivity index (χ3n) is 4.00. The van der Waals surface area contributed by atoms with E-state index >= 15 is 0 Å². The van der Waals surface area contributed by atoms with E-state index in [9.17, 15) is 4.79 Å². The molecule has 4 nitrogen and oxygen atoms in total. The van der Waals surface area contributed by atoms with E-state index in [1.54, 1.807) is 18.4 Å². The van der Waals surface area contributed by atoms with Crippen molar-refractivity contribution in [2.75, 3.05) is 33.4 Å². The van der Waals surface area contributed by atoms with E-state index in [2.05, 4.69) is 17.1 Å². The number of hydrogen-bond donors (Lipinski definition) is 1. The average Bonchev–Trinajstić information content (AvgIpc) is 2.99. The number of nitrogens with zero attached hydrogens (tertiary/aromatic N) is 1. The predicted octanol–water partition coefficient (Wildman–Crippen LogP) is 2.22. The number of ether oxygens (including phenoxy) is 1. The Morgan fingerprint density at radius 1 is 1.65 bits per heavy atom.